The highest BCUT2D eigenvalue weighted by Gasteiger charge is 2.56. The van der Waals surface area contributed by atoms with Crippen molar-refractivity contribution in [3.05, 3.63) is 30.0 Å². The molecule has 1 aliphatic heterocycles. The van der Waals surface area contributed by atoms with Gasteiger partial charge in [-0.2, -0.15) is 0 Å². The molecule has 1 saturated heterocycles. The second kappa shape index (κ2) is 5.60. The Morgan fingerprint density at radius 3 is 2.61 bits per heavy atom. The molecule has 3 rings (SSSR count). The molecule has 23 heavy (non-hydrogen) atoms. The summed E-state index contributed by atoms with van der Waals surface area (Å²) >= 11 is 0. The molecule has 1 aromatic heterocycles. The van der Waals surface area contributed by atoms with Crippen molar-refractivity contribution in [2.24, 2.45) is 5.41 Å². The number of benzene rings is 1. The van der Waals surface area contributed by atoms with Crippen molar-refractivity contribution in [2.75, 3.05) is 18.5 Å². The van der Waals surface area contributed by atoms with E-state index in [0.29, 0.717) is 11.3 Å². The van der Waals surface area contributed by atoms with Crippen LogP contribution in [0, 0.1) is 12.3 Å². The monoisotopic (exact) mass is 323 g/mol. The quantitative estimate of drug-likeness (QED) is 0.924. The average Bonchev–Trinajstić information content (AvgIpc) is 2.86. The molecule has 1 aliphatic rings. The van der Waals surface area contributed by atoms with Crippen molar-refractivity contribution in [3.8, 4) is 0 Å². The standard InChI is InChI=1S/C17H19F2NO3/c1-11-9-12-10-13(3-4-14(12)23-11)20-15(21)17(16(2,18)19)5-7-22-8-6-17/h3-4,9-10H,5-8H2,1-2H3,(H,20,21). The highest BCUT2D eigenvalue weighted by molar-refractivity contribution is 5.97. The van der Waals surface area contributed by atoms with Crippen LogP contribution in [0.5, 0.6) is 0 Å². The lowest BCUT2D eigenvalue weighted by Gasteiger charge is -2.39. The van der Waals surface area contributed by atoms with Crippen LogP contribution < -0.4 is 5.32 Å². The number of fused-ring (bicyclic) bond motifs is 1. The van der Waals surface area contributed by atoms with Gasteiger partial charge in [0.15, 0.2) is 0 Å². The van der Waals surface area contributed by atoms with E-state index in [0.717, 1.165) is 18.1 Å². The smallest absolute Gasteiger partial charge is 0.259 e. The van der Waals surface area contributed by atoms with Gasteiger partial charge in [-0.1, -0.05) is 0 Å². The maximum absolute atomic E-state index is 14.1. The van der Waals surface area contributed by atoms with Crippen molar-refractivity contribution in [1.29, 1.82) is 0 Å². The lowest BCUT2D eigenvalue weighted by molar-refractivity contribution is -0.169. The van der Waals surface area contributed by atoms with Gasteiger partial charge < -0.3 is 14.5 Å². The molecule has 1 amide bonds. The predicted octanol–water partition coefficient (Wildman–Crippen LogP) is 4.13. The van der Waals surface area contributed by atoms with Crippen LogP contribution in [0.1, 0.15) is 25.5 Å². The van der Waals surface area contributed by atoms with Gasteiger partial charge in [-0.05, 0) is 44.0 Å². The van der Waals surface area contributed by atoms with Crippen LogP contribution in [0.2, 0.25) is 0 Å². The largest absolute Gasteiger partial charge is 0.461 e. The molecule has 2 aromatic rings. The van der Waals surface area contributed by atoms with Crippen LogP contribution in [0.15, 0.2) is 28.7 Å². The van der Waals surface area contributed by atoms with E-state index >= 15 is 0 Å². The first-order valence-electron chi connectivity index (χ1n) is 7.59. The maximum atomic E-state index is 14.1. The number of nitrogens with one attached hydrogen (secondary N) is 1. The highest BCUT2D eigenvalue weighted by atomic mass is 19.3. The number of halogens is 2. The fourth-order valence-corrected chi connectivity index (χ4v) is 3.09. The minimum atomic E-state index is -3.11. The van der Waals surface area contributed by atoms with Crippen molar-refractivity contribution >= 4 is 22.6 Å². The molecule has 0 atom stereocenters. The number of carbonyl (C=O) groups is 1. The Bertz CT molecular complexity index is 727. The Labute approximate surface area is 132 Å². The van der Waals surface area contributed by atoms with Gasteiger partial charge in [0.2, 0.25) is 5.91 Å². The van der Waals surface area contributed by atoms with Crippen molar-refractivity contribution in [2.45, 2.75) is 32.6 Å². The number of rotatable bonds is 3. The number of furan rings is 1. The molecule has 0 unspecified atom stereocenters. The minimum absolute atomic E-state index is 0.00932. The third kappa shape index (κ3) is 2.83. The average molecular weight is 323 g/mol. The third-order valence-electron chi connectivity index (χ3n) is 4.52. The molecule has 0 aliphatic carbocycles. The van der Waals surface area contributed by atoms with Crippen LogP contribution in [0.4, 0.5) is 14.5 Å². The van der Waals surface area contributed by atoms with Crippen molar-refractivity contribution in [1.82, 2.24) is 0 Å². The summed E-state index contributed by atoms with van der Waals surface area (Å²) in [7, 11) is 0. The molecule has 0 radical (unpaired) electrons. The molecule has 0 spiro atoms. The Kier molecular flexibility index (Phi) is 3.88. The zero-order valence-corrected chi connectivity index (χ0v) is 13.1. The zero-order chi connectivity index (χ0) is 16.7. The van der Waals surface area contributed by atoms with Crippen LogP contribution >= 0.6 is 0 Å². The lowest BCUT2D eigenvalue weighted by Crippen LogP contribution is -2.52. The first kappa shape index (κ1) is 15.9. The summed E-state index contributed by atoms with van der Waals surface area (Å²) in [5, 5.41) is 3.47. The van der Waals surface area contributed by atoms with Gasteiger partial charge in [-0.15, -0.1) is 0 Å². The number of hydrogen-bond donors (Lipinski definition) is 1. The molecular weight excluding hydrogens is 304 g/mol. The summed E-state index contributed by atoms with van der Waals surface area (Å²) in [6.07, 6.45) is 0.0186. The van der Waals surface area contributed by atoms with Gasteiger partial charge in [0.1, 0.15) is 16.8 Å². The maximum Gasteiger partial charge on any atom is 0.259 e. The van der Waals surface area contributed by atoms with Gasteiger partial charge in [-0.25, -0.2) is 8.78 Å². The van der Waals surface area contributed by atoms with E-state index < -0.39 is 17.2 Å². The van der Waals surface area contributed by atoms with Gasteiger partial charge in [0, 0.05) is 31.2 Å². The van der Waals surface area contributed by atoms with E-state index in [4.69, 9.17) is 9.15 Å². The summed E-state index contributed by atoms with van der Waals surface area (Å²) in [6, 6.07) is 6.94. The molecule has 2 heterocycles. The van der Waals surface area contributed by atoms with Crippen LogP contribution in [-0.2, 0) is 9.53 Å². The normalized spacial score (nSPS) is 18.1. The SMILES string of the molecule is Cc1cc2cc(NC(=O)C3(C(C)(F)F)CCOCC3)ccc2o1. The fraction of sp³-hybridized carbons (Fsp3) is 0.471. The number of alkyl halides is 2. The number of aryl methyl sites for hydroxylation is 1. The summed E-state index contributed by atoms with van der Waals surface area (Å²) in [6.45, 7) is 2.96. The van der Waals surface area contributed by atoms with Gasteiger partial charge in [0.05, 0.1) is 0 Å². The summed E-state index contributed by atoms with van der Waals surface area (Å²) in [5.41, 5.74) is -0.549. The Balaban J connectivity index is 1.88. The highest BCUT2D eigenvalue weighted by Crippen LogP contribution is 2.45. The third-order valence-corrected chi connectivity index (χ3v) is 4.52. The topological polar surface area (TPSA) is 51.5 Å². The van der Waals surface area contributed by atoms with Crippen LogP contribution in [-0.4, -0.2) is 25.0 Å². The molecule has 1 fully saturated rings. The summed E-state index contributed by atoms with van der Waals surface area (Å²) in [5.74, 6) is -3.02. The summed E-state index contributed by atoms with van der Waals surface area (Å²) in [4.78, 5) is 12.6. The minimum Gasteiger partial charge on any atom is -0.461 e. The predicted molar refractivity (Wildman–Crippen MR) is 82.7 cm³/mol. The van der Waals surface area contributed by atoms with Crippen molar-refractivity contribution < 1.29 is 22.7 Å². The number of hydrogen-bond acceptors (Lipinski definition) is 3. The Morgan fingerprint density at radius 2 is 1.96 bits per heavy atom. The molecule has 1 aromatic carbocycles. The number of amides is 1. The number of ether oxygens (including phenoxy) is 1. The molecule has 4 nitrogen and oxygen atoms in total. The second-order valence-electron chi connectivity index (χ2n) is 6.15. The fourth-order valence-electron chi connectivity index (χ4n) is 3.09. The Morgan fingerprint density at radius 1 is 1.26 bits per heavy atom. The van der Waals surface area contributed by atoms with E-state index in [-0.39, 0.29) is 26.1 Å². The van der Waals surface area contributed by atoms with E-state index in [1.807, 2.05) is 13.0 Å². The van der Waals surface area contributed by atoms with Gasteiger partial charge in [0.25, 0.3) is 5.92 Å². The van der Waals surface area contributed by atoms with Crippen LogP contribution in [0.3, 0.4) is 0 Å². The second-order valence-corrected chi connectivity index (χ2v) is 6.15. The molecule has 6 heteroatoms. The van der Waals surface area contributed by atoms with Crippen molar-refractivity contribution in [3.63, 3.8) is 0 Å². The van der Waals surface area contributed by atoms with E-state index in [1.165, 1.54) is 0 Å². The van der Waals surface area contributed by atoms with Gasteiger partial charge >= 0.3 is 0 Å². The Hall–Kier alpha value is -1.95. The lowest BCUT2D eigenvalue weighted by atomic mass is 9.74. The van der Waals surface area contributed by atoms with E-state index in [2.05, 4.69) is 5.32 Å². The summed E-state index contributed by atoms with van der Waals surface area (Å²) < 4.78 is 38.9. The molecule has 0 bridgehead atoms. The van der Waals surface area contributed by atoms with Crippen LogP contribution in [0.25, 0.3) is 11.0 Å². The first-order valence-corrected chi connectivity index (χ1v) is 7.59. The molecule has 124 valence electrons. The molecular formula is C17H19F2NO3. The number of carbonyl (C=O) groups excluding carboxylic acids is 1. The zero-order valence-electron chi connectivity index (χ0n) is 13.1. The van der Waals surface area contributed by atoms with Gasteiger partial charge in [-0.3, -0.25) is 4.79 Å². The van der Waals surface area contributed by atoms with E-state index in [1.54, 1.807) is 18.2 Å². The number of anilines is 1. The molecule has 0 saturated carbocycles. The molecule has 1 N–H and O–H groups in total. The first-order chi connectivity index (χ1) is 10.8. The van der Waals surface area contributed by atoms with E-state index in [9.17, 15) is 13.6 Å².